The van der Waals surface area contributed by atoms with Gasteiger partial charge in [-0.3, -0.25) is 0 Å². The van der Waals surface area contributed by atoms with Crippen LogP contribution in [0, 0.1) is 6.92 Å². The van der Waals surface area contributed by atoms with Gasteiger partial charge in [-0.2, -0.15) is 0 Å². The number of nitrogens with one attached hydrogen (secondary N) is 1. The smallest absolute Gasteiger partial charge is 0.322 e. The fourth-order valence-corrected chi connectivity index (χ4v) is 3.18. The Hall–Kier alpha value is -1.30. The number of anilines is 1. The van der Waals surface area contributed by atoms with Crippen LogP contribution in [0.5, 0.6) is 0 Å². The topological polar surface area (TPSA) is 50.8 Å². The fourth-order valence-electron chi connectivity index (χ4n) is 3.01. The molecular weight excluding hydrogens is 304 g/mol. The van der Waals surface area contributed by atoms with Crippen LogP contribution in [0.15, 0.2) is 18.2 Å². The Bertz CT molecular complexity index is 546. The second-order valence-electron chi connectivity index (χ2n) is 5.76. The van der Waals surface area contributed by atoms with Crippen LogP contribution in [0.4, 0.5) is 10.5 Å². The zero-order chi connectivity index (χ0) is 15.5. The molecule has 2 heterocycles. The van der Waals surface area contributed by atoms with Crippen LogP contribution >= 0.6 is 11.6 Å². The predicted octanol–water partition coefficient (Wildman–Crippen LogP) is 3.41. The molecule has 0 spiro atoms. The first kappa shape index (κ1) is 15.6. The molecule has 0 radical (unpaired) electrons. The number of hydrogen-bond donors (Lipinski definition) is 1. The number of hydrogen-bond acceptors (Lipinski definition) is 3. The number of amides is 2. The number of halogens is 1. The van der Waals surface area contributed by atoms with Crippen LogP contribution in [0.2, 0.25) is 5.02 Å². The summed E-state index contributed by atoms with van der Waals surface area (Å²) in [6.07, 6.45) is 2.71. The fraction of sp³-hybridized carbons (Fsp3) is 0.562. The SMILES string of the molecule is Cc1ccc(Cl)cc1NC(=O)N1CCCC[C@@H]1C1OCCO1. The molecule has 0 aromatic heterocycles. The van der Waals surface area contributed by atoms with Gasteiger partial charge in [0.15, 0.2) is 6.29 Å². The Labute approximate surface area is 135 Å². The molecule has 1 N–H and O–H groups in total. The van der Waals surface area contributed by atoms with Crippen molar-refractivity contribution in [2.24, 2.45) is 0 Å². The summed E-state index contributed by atoms with van der Waals surface area (Å²) in [5.74, 6) is 0. The zero-order valence-corrected chi connectivity index (χ0v) is 13.4. The highest BCUT2D eigenvalue weighted by atomic mass is 35.5. The van der Waals surface area contributed by atoms with E-state index in [1.807, 2.05) is 24.0 Å². The number of urea groups is 1. The van der Waals surface area contributed by atoms with Gasteiger partial charge in [-0.05, 0) is 43.9 Å². The summed E-state index contributed by atoms with van der Waals surface area (Å²) in [6.45, 7) is 3.87. The van der Waals surface area contributed by atoms with E-state index in [4.69, 9.17) is 21.1 Å². The Kier molecular flexibility index (Phi) is 4.86. The molecular formula is C16H21ClN2O3. The number of ether oxygens (including phenoxy) is 2. The summed E-state index contributed by atoms with van der Waals surface area (Å²) in [6, 6.07) is 5.35. The molecule has 2 fully saturated rings. The highest BCUT2D eigenvalue weighted by Gasteiger charge is 2.36. The van der Waals surface area contributed by atoms with Crippen LogP contribution in [0.1, 0.15) is 24.8 Å². The average Bonchev–Trinajstić information content (AvgIpc) is 3.05. The van der Waals surface area contributed by atoms with Gasteiger partial charge in [-0.15, -0.1) is 0 Å². The summed E-state index contributed by atoms with van der Waals surface area (Å²) >= 11 is 6.01. The van der Waals surface area contributed by atoms with Crippen LogP contribution < -0.4 is 5.32 Å². The third-order valence-electron chi connectivity index (χ3n) is 4.21. The van der Waals surface area contributed by atoms with Gasteiger partial charge >= 0.3 is 6.03 Å². The number of rotatable bonds is 2. The summed E-state index contributed by atoms with van der Waals surface area (Å²) in [7, 11) is 0. The number of likely N-dealkylation sites (tertiary alicyclic amines) is 1. The Morgan fingerprint density at radius 2 is 2.09 bits per heavy atom. The first-order valence-corrected chi connectivity index (χ1v) is 8.10. The van der Waals surface area contributed by atoms with Gasteiger partial charge in [0.25, 0.3) is 0 Å². The number of carbonyl (C=O) groups is 1. The molecule has 5 nitrogen and oxygen atoms in total. The number of carbonyl (C=O) groups excluding carboxylic acids is 1. The van der Waals surface area contributed by atoms with E-state index in [0.29, 0.717) is 18.2 Å². The first-order chi connectivity index (χ1) is 10.6. The summed E-state index contributed by atoms with van der Waals surface area (Å²) < 4.78 is 11.2. The molecule has 0 unspecified atom stereocenters. The highest BCUT2D eigenvalue weighted by Crippen LogP contribution is 2.26. The lowest BCUT2D eigenvalue weighted by atomic mass is 10.0. The maximum absolute atomic E-state index is 12.7. The molecule has 22 heavy (non-hydrogen) atoms. The third kappa shape index (κ3) is 3.37. The second-order valence-corrected chi connectivity index (χ2v) is 6.19. The average molecular weight is 325 g/mol. The van der Waals surface area contributed by atoms with Crippen molar-refractivity contribution in [2.45, 2.75) is 38.5 Å². The predicted molar refractivity (Wildman–Crippen MR) is 85.2 cm³/mol. The zero-order valence-electron chi connectivity index (χ0n) is 12.7. The number of aryl methyl sites for hydroxylation is 1. The van der Waals surface area contributed by atoms with Gasteiger partial charge in [0, 0.05) is 17.3 Å². The van der Waals surface area contributed by atoms with E-state index in [1.54, 1.807) is 6.07 Å². The van der Waals surface area contributed by atoms with Gasteiger partial charge in [0.1, 0.15) is 0 Å². The van der Waals surface area contributed by atoms with Crippen LogP contribution in [0.3, 0.4) is 0 Å². The normalized spacial score (nSPS) is 22.8. The van der Waals surface area contributed by atoms with Crippen molar-refractivity contribution in [1.29, 1.82) is 0 Å². The maximum Gasteiger partial charge on any atom is 0.322 e. The molecule has 1 aromatic carbocycles. The molecule has 120 valence electrons. The van der Waals surface area contributed by atoms with Crippen LogP contribution in [-0.2, 0) is 9.47 Å². The lowest BCUT2D eigenvalue weighted by Gasteiger charge is -2.37. The minimum absolute atomic E-state index is 0.0178. The molecule has 0 aliphatic carbocycles. The van der Waals surface area contributed by atoms with Crippen molar-refractivity contribution >= 4 is 23.3 Å². The van der Waals surface area contributed by atoms with Crippen molar-refractivity contribution in [3.63, 3.8) is 0 Å². The van der Waals surface area contributed by atoms with Crippen molar-refractivity contribution < 1.29 is 14.3 Å². The monoisotopic (exact) mass is 324 g/mol. The standard InChI is InChI=1S/C16H21ClN2O3/c1-11-5-6-12(17)10-13(11)18-16(20)19-7-3-2-4-14(19)15-21-8-9-22-15/h5-6,10,14-15H,2-4,7-9H2,1H3,(H,18,20)/t14-/m1/s1. The van der Waals surface area contributed by atoms with Gasteiger partial charge in [0.05, 0.1) is 19.3 Å². The molecule has 0 saturated carbocycles. The molecule has 1 atom stereocenters. The van der Waals surface area contributed by atoms with E-state index in [2.05, 4.69) is 5.32 Å². The molecule has 0 bridgehead atoms. The molecule has 2 aliphatic rings. The van der Waals surface area contributed by atoms with Crippen LogP contribution in [0.25, 0.3) is 0 Å². The van der Waals surface area contributed by atoms with Gasteiger partial charge in [-0.1, -0.05) is 17.7 Å². The summed E-state index contributed by atoms with van der Waals surface area (Å²) in [4.78, 5) is 14.5. The molecule has 2 amide bonds. The van der Waals surface area contributed by atoms with Crippen molar-refractivity contribution in [3.8, 4) is 0 Å². The van der Waals surface area contributed by atoms with E-state index in [1.165, 1.54) is 0 Å². The second kappa shape index (κ2) is 6.86. The Morgan fingerprint density at radius 1 is 1.32 bits per heavy atom. The van der Waals surface area contributed by atoms with E-state index in [9.17, 15) is 4.79 Å². The number of benzene rings is 1. The third-order valence-corrected chi connectivity index (χ3v) is 4.45. The number of piperidine rings is 1. The maximum atomic E-state index is 12.7. The highest BCUT2D eigenvalue weighted by molar-refractivity contribution is 6.31. The molecule has 2 aliphatic heterocycles. The van der Waals surface area contributed by atoms with Crippen LogP contribution in [-0.4, -0.2) is 43.0 Å². The largest absolute Gasteiger partial charge is 0.348 e. The first-order valence-electron chi connectivity index (χ1n) is 7.72. The Balaban J connectivity index is 1.72. The van der Waals surface area contributed by atoms with Gasteiger partial charge in [-0.25, -0.2) is 4.79 Å². The minimum atomic E-state index is -0.300. The van der Waals surface area contributed by atoms with E-state index in [0.717, 1.165) is 37.1 Å². The van der Waals surface area contributed by atoms with E-state index >= 15 is 0 Å². The molecule has 1 aromatic rings. The van der Waals surface area contributed by atoms with Crippen molar-refractivity contribution in [3.05, 3.63) is 28.8 Å². The molecule has 2 saturated heterocycles. The summed E-state index contributed by atoms with van der Waals surface area (Å²) in [5.41, 5.74) is 1.73. The summed E-state index contributed by atoms with van der Waals surface area (Å²) in [5, 5.41) is 3.58. The molecule has 6 heteroatoms. The van der Waals surface area contributed by atoms with E-state index in [-0.39, 0.29) is 18.4 Å². The lowest BCUT2D eigenvalue weighted by molar-refractivity contribution is -0.0973. The number of nitrogens with zero attached hydrogens (tertiary/aromatic N) is 1. The van der Waals surface area contributed by atoms with Crippen molar-refractivity contribution in [1.82, 2.24) is 4.90 Å². The molecule has 3 rings (SSSR count). The quantitative estimate of drug-likeness (QED) is 0.907. The lowest BCUT2D eigenvalue weighted by Crippen LogP contribution is -2.51. The van der Waals surface area contributed by atoms with Gasteiger partial charge < -0.3 is 19.7 Å². The van der Waals surface area contributed by atoms with Crippen molar-refractivity contribution in [2.75, 3.05) is 25.1 Å². The van der Waals surface area contributed by atoms with Gasteiger partial charge in [0.2, 0.25) is 0 Å². The minimum Gasteiger partial charge on any atom is -0.348 e. The Morgan fingerprint density at radius 3 is 2.86 bits per heavy atom. The van der Waals surface area contributed by atoms with E-state index < -0.39 is 0 Å².